The second-order valence-corrected chi connectivity index (χ2v) is 5.55. The zero-order chi connectivity index (χ0) is 11.4. The van der Waals surface area contributed by atoms with E-state index < -0.39 is 0 Å². The summed E-state index contributed by atoms with van der Waals surface area (Å²) in [7, 11) is 0. The summed E-state index contributed by atoms with van der Waals surface area (Å²) in [6, 6.07) is 0. The number of nitrogens with zero attached hydrogens (tertiary/aromatic N) is 3. The van der Waals surface area contributed by atoms with Crippen LogP contribution in [0.5, 0.6) is 0 Å². The van der Waals surface area contributed by atoms with Crippen molar-refractivity contribution < 1.29 is 0 Å². The zero-order valence-corrected chi connectivity index (χ0v) is 11.0. The molecule has 0 saturated carbocycles. The Hall–Kier alpha value is -0.850. The molecule has 0 radical (unpaired) electrons. The van der Waals surface area contributed by atoms with Crippen LogP contribution in [-0.4, -0.2) is 21.7 Å². The standard InChI is InChI=1S/C10H14N4S2/c1-3-4-11-5-9-13-14-10(16-9)8-6-15-7(2)12-8/h6,11H,3-5H2,1-2H3. The zero-order valence-electron chi connectivity index (χ0n) is 9.36. The Labute approximate surface area is 103 Å². The van der Waals surface area contributed by atoms with Crippen LogP contribution < -0.4 is 5.32 Å². The number of thiazole rings is 1. The Morgan fingerprint density at radius 3 is 2.94 bits per heavy atom. The van der Waals surface area contributed by atoms with E-state index in [2.05, 4.69) is 27.4 Å². The predicted molar refractivity (Wildman–Crippen MR) is 67.8 cm³/mol. The molecule has 0 aliphatic rings. The van der Waals surface area contributed by atoms with Gasteiger partial charge in [0.2, 0.25) is 0 Å². The van der Waals surface area contributed by atoms with Gasteiger partial charge in [-0.15, -0.1) is 21.5 Å². The van der Waals surface area contributed by atoms with Crippen LogP contribution >= 0.6 is 22.7 Å². The molecule has 4 nitrogen and oxygen atoms in total. The molecule has 0 aliphatic carbocycles. The summed E-state index contributed by atoms with van der Waals surface area (Å²) in [4.78, 5) is 4.40. The molecule has 2 aromatic rings. The molecule has 2 heterocycles. The molecule has 2 aromatic heterocycles. The first-order valence-electron chi connectivity index (χ1n) is 5.25. The number of rotatable bonds is 5. The van der Waals surface area contributed by atoms with Gasteiger partial charge in [0.25, 0.3) is 0 Å². The molecule has 0 spiro atoms. The minimum Gasteiger partial charge on any atom is -0.310 e. The van der Waals surface area contributed by atoms with E-state index in [1.54, 1.807) is 22.7 Å². The first kappa shape index (κ1) is 11.6. The van der Waals surface area contributed by atoms with Crippen molar-refractivity contribution >= 4 is 22.7 Å². The van der Waals surface area contributed by atoms with Gasteiger partial charge in [-0.1, -0.05) is 18.3 Å². The molecule has 0 unspecified atom stereocenters. The molecule has 0 amide bonds. The summed E-state index contributed by atoms with van der Waals surface area (Å²) < 4.78 is 0. The largest absolute Gasteiger partial charge is 0.310 e. The van der Waals surface area contributed by atoms with Crippen molar-refractivity contribution in [3.05, 3.63) is 15.4 Å². The van der Waals surface area contributed by atoms with Gasteiger partial charge < -0.3 is 5.32 Å². The maximum atomic E-state index is 4.40. The van der Waals surface area contributed by atoms with E-state index in [4.69, 9.17) is 0 Å². The highest BCUT2D eigenvalue weighted by atomic mass is 32.1. The Morgan fingerprint density at radius 2 is 2.25 bits per heavy atom. The average Bonchev–Trinajstić information content (AvgIpc) is 2.87. The molecule has 1 N–H and O–H groups in total. The van der Waals surface area contributed by atoms with E-state index in [1.807, 2.05) is 12.3 Å². The topological polar surface area (TPSA) is 50.7 Å². The van der Waals surface area contributed by atoms with Crippen molar-refractivity contribution in [2.45, 2.75) is 26.8 Å². The number of aryl methyl sites for hydroxylation is 1. The minimum absolute atomic E-state index is 0.800. The van der Waals surface area contributed by atoms with Gasteiger partial charge in [-0.2, -0.15) is 0 Å². The third-order valence-corrected chi connectivity index (χ3v) is 3.73. The Bertz CT molecular complexity index is 449. The highest BCUT2D eigenvalue weighted by molar-refractivity contribution is 7.15. The van der Waals surface area contributed by atoms with Gasteiger partial charge >= 0.3 is 0 Å². The van der Waals surface area contributed by atoms with E-state index in [-0.39, 0.29) is 0 Å². The fraction of sp³-hybridized carbons (Fsp3) is 0.500. The SMILES string of the molecule is CCCNCc1nnc(-c2csc(C)n2)s1. The number of nitrogens with one attached hydrogen (secondary N) is 1. The number of hydrogen-bond acceptors (Lipinski definition) is 6. The summed E-state index contributed by atoms with van der Waals surface area (Å²) in [6.45, 7) is 5.97. The summed E-state index contributed by atoms with van der Waals surface area (Å²) in [5.74, 6) is 0. The third-order valence-electron chi connectivity index (χ3n) is 2.01. The summed E-state index contributed by atoms with van der Waals surface area (Å²) >= 11 is 3.25. The van der Waals surface area contributed by atoms with Crippen LogP contribution in [0, 0.1) is 6.92 Å². The lowest BCUT2D eigenvalue weighted by atomic mass is 10.5. The Morgan fingerprint density at radius 1 is 1.38 bits per heavy atom. The van der Waals surface area contributed by atoms with Gasteiger partial charge in [0, 0.05) is 11.9 Å². The lowest BCUT2D eigenvalue weighted by Crippen LogP contribution is -2.13. The second kappa shape index (κ2) is 5.47. The quantitative estimate of drug-likeness (QED) is 0.833. The highest BCUT2D eigenvalue weighted by Crippen LogP contribution is 2.24. The molecule has 0 saturated heterocycles. The van der Waals surface area contributed by atoms with Crippen LogP contribution in [0.15, 0.2) is 5.38 Å². The van der Waals surface area contributed by atoms with Crippen LogP contribution in [0.4, 0.5) is 0 Å². The molecule has 0 aromatic carbocycles. The van der Waals surface area contributed by atoms with Crippen molar-refractivity contribution in [3.63, 3.8) is 0 Å². The van der Waals surface area contributed by atoms with Crippen molar-refractivity contribution in [2.75, 3.05) is 6.54 Å². The fourth-order valence-corrected chi connectivity index (χ4v) is 2.70. The van der Waals surface area contributed by atoms with Crippen LogP contribution in [0.3, 0.4) is 0 Å². The maximum absolute atomic E-state index is 4.40. The van der Waals surface area contributed by atoms with E-state index in [9.17, 15) is 0 Å². The molecule has 86 valence electrons. The van der Waals surface area contributed by atoms with Crippen molar-refractivity contribution in [1.29, 1.82) is 0 Å². The molecular formula is C10H14N4S2. The van der Waals surface area contributed by atoms with E-state index in [0.29, 0.717) is 0 Å². The lowest BCUT2D eigenvalue weighted by molar-refractivity contribution is 0.668. The first-order valence-corrected chi connectivity index (χ1v) is 6.95. The van der Waals surface area contributed by atoms with E-state index in [0.717, 1.165) is 40.2 Å². The average molecular weight is 254 g/mol. The van der Waals surface area contributed by atoms with Crippen molar-refractivity contribution in [3.8, 4) is 10.7 Å². The molecule has 2 rings (SSSR count). The van der Waals surface area contributed by atoms with Crippen molar-refractivity contribution in [1.82, 2.24) is 20.5 Å². The molecule has 16 heavy (non-hydrogen) atoms. The maximum Gasteiger partial charge on any atom is 0.167 e. The highest BCUT2D eigenvalue weighted by Gasteiger charge is 2.08. The van der Waals surface area contributed by atoms with Crippen LogP contribution in [-0.2, 0) is 6.54 Å². The molecule has 0 fully saturated rings. The van der Waals surface area contributed by atoms with Gasteiger partial charge in [0.1, 0.15) is 10.7 Å². The van der Waals surface area contributed by atoms with Gasteiger partial charge in [0.15, 0.2) is 5.01 Å². The Kier molecular flexibility index (Phi) is 3.98. The van der Waals surface area contributed by atoms with E-state index in [1.165, 1.54) is 0 Å². The van der Waals surface area contributed by atoms with Crippen molar-refractivity contribution in [2.24, 2.45) is 0 Å². The molecule has 0 bridgehead atoms. The molecule has 0 atom stereocenters. The monoisotopic (exact) mass is 254 g/mol. The van der Waals surface area contributed by atoms with Crippen LogP contribution in [0.25, 0.3) is 10.7 Å². The third kappa shape index (κ3) is 2.84. The predicted octanol–water partition coefficient (Wildman–Crippen LogP) is 2.47. The smallest absolute Gasteiger partial charge is 0.167 e. The normalized spacial score (nSPS) is 10.9. The van der Waals surface area contributed by atoms with Crippen LogP contribution in [0.2, 0.25) is 0 Å². The van der Waals surface area contributed by atoms with Gasteiger partial charge in [-0.25, -0.2) is 4.98 Å². The Balaban J connectivity index is 2.02. The molecule has 6 heteroatoms. The second-order valence-electron chi connectivity index (χ2n) is 3.43. The first-order chi connectivity index (χ1) is 7.79. The molecule has 0 aliphatic heterocycles. The van der Waals surface area contributed by atoms with E-state index >= 15 is 0 Å². The number of aromatic nitrogens is 3. The van der Waals surface area contributed by atoms with Crippen LogP contribution in [0.1, 0.15) is 23.4 Å². The molecular weight excluding hydrogens is 240 g/mol. The minimum atomic E-state index is 0.800. The number of hydrogen-bond donors (Lipinski definition) is 1. The summed E-state index contributed by atoms with van der Waals surface area (Å²) in [5, 5.41) is 16.6. The van der Waals surface area contributed by atoms with Gasteiger partial charge in [-0.3, -0.25) is 0 Å². The van der Waals surface area contributed by atoms with Gasteiger partial charge in [-0.05, 0) is 19.9 Å². The summed E-state index contributed by atoms with van der Waals surface area (Å²) in [6.07, 6.45) is 1.14. The fourth-order valence-electron chi connectivity index (χ4n) is 1.26. The summed E-state index contributed by atoms with van der Waals surface area (Å²) in [5.41, 5.74) is 0.946. The van der Waals surface area contributed by atoms with Gasteiger partial charge in [0.05, 0.1) is 5.01 Å². The lowest BCUT2D eigenvalue weighted by Gasteiger charge is -1.96.